The van der Waals surface area contributed by atoms with Gasteiger partial charge in [-0.2, -0.15) is 11.8 Å². The molecule has 0 saturated carbocycles. The van der Waals surface area contributed by atoms with Gasteiger partial charge < -0.3 is 10.6 Å². The number of thioether (sulfide) groups is 1. The number of rotatable bonds is 4. The van der Waals surface area contributed by atoms with Crippen molar-refractivity contribution < 1.29 is 0 Å². The maximum atomic E-state index is 6.00. The SMILES string of the molecule is CSCC(C)CN1CCC(N)C(C)C1. The summed E-state index contributed by atoms with van der Waals surface area (Å²) in [5.41, 5.74) is 6.00. The summed E-state index contributed by atoms with van der Waals surface area (Å²) >= 11 is 1.95. The van der Waals surface area contributed by atoms with Crippen LogP contribution in [0.4, 0.5) is 0 Å². The van der Waals surface area contributed by atoms with Crippen molar-refractivity contribution >= 4 is 11.8 Å². The van der Waals surface area contributed by atoms with Crippen molar-refractivity contribution in [3.63, 3.8) is 0 Å². The van der Waals surface area contributed by atoms with Crippen LogP contribution in [-0.4, -0.2) is 42.6 Å². The highest BCUT2D eigenvalue weighted by atomic mass is 32.2. The lowest BCUT2D eigenvalue weighted by Crippen LogP contribution is -2.47. The Hall–Kier alpha value is 0.270. The second-order valence-electron chi connectivity index (χ2n) is 4.75. The Morgan fingerprint density at radius 3 is 2.86 bits per heavy atom. The highest BCUT2D eigenvalue weighted by molar-refractivity contribution is 7.98. The molecule has 0 bridgehead atoms. The molecule has 0 spiro atoms. The molecule has 0 amide bonds. The molecule has 0 aromatic carbocycles. The van der Waals surface area contributed by atoms with Gasteiger partial charge in [0.1, 0.15) is 0 Å². The number of hydrogen-bond acceptors (Lipinski definition) is 3. The second kappa shape index (κ2) is 5.99. The van der Waals surface area contributed by atoms with Crippen LogP contribution in [0.15, 0.2) is 0 Å². The molecule has 1 heterocycles. The van der Waals surface area contributed by atoms with Crippen molar-refractivity contribution in [2.75, 3.05) is 31.6 Å². The van der Waals surface area contributed by atoms with Crippen molar-refractivity contribution in [2.45, 2.75) is 26.3 Å². The Morgan fingerprint density at radius 1 is 1.57 bits per heavy atom. The van der Waals surface area contributed by atoms with Crippen molar-refractivity contribution in [3.8, 4) is 0 Å². The minimum absolute atomic E-state index is 0.433. The lowest BCUT2D eigenvalue weighted by atomic mass is 9.94. The van der Waals surface area contributed by atoms with Crippen LogP contribution in [-0.2, 0) is 0 Å². The molecule has 14 heavy (non-hydrogen) atoms. The van der Waals surface area contributed by atoms with Crippen molar-refractivity contribution in [1.29, 1.82) is 0 Å². The number of nitrogens with two attached hydrogens (primary N) is 1. The zero-order valence-corrected chi connectivity index (χ0v) is 10.5. The van der Waals surface area contributed by atoms with Crippen LogP contribution in [0.3, 0.4) is 0 Å². The predicted molar refractivity (Wildman–Crippen MR) is 65.7 cm³/mol. The van der Waals surface area contributed by atoms with E-state index in [9.17, 15) is 0 Å². The quantitative estimate of drug-likeness (QED) is 0.775. The second-order valence-corrected chi connectivity index (χ2v) is 5.66. The minimum Gasteiger partial charge on any atom is -0.327 e. The van der Waals surface area contributed by atoms with Gasteiger partial charge in [-0.3, -0.25) is 0 Å². The van der Waals surface area contributed by atoms with Crippen LogP contribution >= 0.6 is 11.8 Å². The Labute approximate surface area is 92.6 Å². The van der Waals surface area contributed by atoms with Crippen LogP contribution in [0.1, 0.15) is 20.3 Å². The van der Waals surface area contributed by atoms with E-state index in [1.807, 2.05) is 11.8 Å². The van der Waals surface area contributed by atoms with Gasteiger partial charge in [0.05, 0.1) is 0 Å². The molecule has 3 unspecified atom stereocenters. The molecular formula is C11H24N2S. The Bertz CT molecular complexity index is 163. The van der Waals surface area contributed by atoms with E-state index < -0.39 is 0 Å². The van der Waals surface area contributed by atoms with Gasteiger partial charge in [0.25, 0.3) is 0 Å². The normalized spacial score (nSPS) is 31.7. The van der Waals surface area contributed by atoms with Crippen LogP contribution in [0.25, 0.3) is 0 Å². The third kappa shape index (κ3) is 3.79. The molecule has 1 saturated heterocycles. The maximum Gasteiger partial charge on any atom is 0.00889 e. The summed E-state index contributed by atoms with van der Waals surface area (Å²) < 4.78 is 0. The fourth-order valence-corrected chi connectivity index (χ4v) is 2.87. The number of hydrogen-bond donors (Lipinski definition) is 1. The summed E-state index contributed by atoms with van der Waals surface area (Å²) in [7, 11) is 0. The van der Waals surface area contributed by atoms with E-state index in [0.29, 0.717) is 12.0 Å². The fraction of sp³-hybridized carbons (Fsp3) is 1.00. The highest BCUT2D eigenvalue weighted by Gasteiger charge is 2.23. The van der Waals surface area contributed by atoms with Gasteiger partial charge >= 0.3 is 0 Å². The zero-order valence-electron chi connectivity index (χ0n) is 9.70. The topological polar surface area (TPSA) is 29.3 Å². The molecule has 1 rings (SSSR count). The molecule has 0 radical (unpaired) electrons. The first-order valence-electron chi connectivity index (χ1n) is 5.60. The van der Waals surface area contributed by atoms with E-state index in [-0.39, 0.29) is 0 Å². The molecule has 3 heteroatoms. The molecule has 2 nitrogen and oxygen atoms in total. The lowest BCUT2D eigenvalue weighted by molar-refractivity contribution is 0.150. The number of nitrogens with zero attached hydrogens (tertiary/aromatic N) is 1. The molecule has 1 aliphatic heterocycles. The summed E-state index contributed by atoms with van der Waals surface area (Å²) in [6, 6.07) is 0.433. The fourth-order valence-electron chi connectivity index (χ4n) is 2.19. The molecule has 1 fully saturated rings. The summed E-state index contributed by atoms with van der Waals surface area (Å²) in [4.78, 5) is 2.58. The third-order valence-electron chi connectivity index (χ3n) is 3.08. The van der Waals surface area contributed by atoms with Crippen LogP contribution in [0.5, 0.6) is 0 Å². The van der Waals surface area contributed by atoms with Gasteiger partial charge in [0.15, 0.2) is 0 Å². The van der Waals surface area contributed by atoms with E-state index >= 15 is 0 Å². The van der Waals surface area contributed by atoms with E-state index in [0.717, 1.165) is 5.92 Å². The Kier molecular flexibility index (Phi) is 5.28. The molecule has 2 N–H and O–H groups in total. The lowest BCUT2D eigenvalue weighted by Gasteiger charge is -2.36. The first-order chi connectivity index (χ1) is 6.63. The van der Waals surface area contributed by atoms with Gasteiger partial charge in [-0.25, -0.2) is 0 Å². The van der Waals surface area contributed by atoms with Crippen LogP contribution in [0, 0.1) is 11.8 Å². The number of piperidine rings is 1. The molecular weight excluding hydrogens is 192 g/mol. The van der Waals surface area contributed by atoms with Gasteiger partial charge in [-0.15, -0.1) is 0 Å². The first-order valence-corrected chi connectivity index (χ1v) is 6.99. The average molecular weight is 216 g/mol. The maximum absolute atomic E-state index is 6.00. The highest BCUT2D eigenvalue weighted by Crippen LogP contribution is 2.17. The van der Waals surface area contributed by atoms with Crippen molar-refractivity contribution in [3.05, 3.63) is 0 Å². The summed E-state index contributed by atoms with van der Waals surface area (Å²) in [6.45, 7) is 8.26. The molecule has 0 aliphatic carbocycles. The van der Waals surface area contributed by atoms with E-state index in [1.54, 1.807) is 0 Å². The largest absolute Gasteiger partial charge is 0.327 e. The molecule has 84 valence electrons. The monoisotopic (exact) mass is 216 g/mol. The van der Waals surface area contributed by atoms with Crippen LogP contribution < -0.4 is 5.73 Å². The predicted octanol–water partition coefficient (Wildman–Crippen LogP) is 1.65. The van der Waals surface area contributed by atoms with E-state index in [1.165, 1.54) is 31.8 Å². The number of likely N-dealkylation sites (tertiary alicyclic amines) is 1. The van der Waals surface area contributed by atoms with Gasteiger partial charge in [-0.05, 0) is 36.8 Å². The Morgan fingerprint density at radius 2 is 2.29 bits per heavy atom. The van der Waals surface area contributed by atoms with Crippen molar-refractivity contribution in [1.82, 2.24) is 4.90 Å². The zero-order chi connectivity index (χ0) is 10.6. The molecule has 0 aromatic heterocycles. The summed E-state index contributed by atoms with van der Waals surface area (Å²) in [5, 5.41) is 0. The van der Waals surface area contributed by atoms with Gasteiger partial charge in [0.2, 0.25) is 0 Å². The van der Waals surface area contributed by atoms with Gasteiger partial charge in [-0.1, -0.05) is 13.8 Å². The first kappa shape index (κ1) is 12.3. The molecule has 1 aliphatic rings. The third-order valence-corrected chi connectivity index (χ3v) is 3.98. The standard InChI is InChI=1S/C11H24N2S/c1-9(8-14-3)6-13-5-4-11(12)10(2)7-13/h9-11H,4-8,12H2,1-3H3. The molecule has 3 atom stereocenters. The van der Waals surface area contributed by atoms with Gasteiger partial charge in [0, 0.05) is 19.1 Å². The smallest absolute Gasteiger partial charge is 0.00889 e. The van der Waals surface area contributed by atoms with Crippen molar-refractivity contribution in [2.24, 2.45) is 17.6 Å². The average Bonchev–Trinajstić information content (AvgIpc) is 2.12. The summed E-state index contributed by atoms with van der Waals surface area (Å²) in [5.74, 6) is 2.76. The minimum atomic E-state index is 0.433. The Balaban J connectivity index is 2.25. The van der Waals surface area contributed by atoms with E-state index in [2.05, 4.69) is 25.0 Å². The van der Waals surface area contributed by atoms with E-state index in [4.69, 9.17) is 5.73 Å². The summed E-state index contributed by atoms with van der Waals surface area (Å²) in [6.07, 6.45) is 3.36. The molecule has 0 aromatic rings. The van der Waals surface area contributed by atoms with Crippen LogP contribution in [0.2, 0.25) is 0 Å².